The molecule has 0 unspecified atom stereocenters. The minimum absolute atomic E-state index is 0.216. The number of piperidine rings is 1. The first kappa shape index (κ1) is 18.4. The van der Waals surface area contributed by atoms with Crippen LogP contribution in [0.1, 0.15) is 28.8 Å². The molecule has 1 aromatic rings. The lowest BCUT2D eigenvalue weighted by Crippen LogP contribution is -2.55. The van der Waals surface area contributed by atoms with Crippen molar-refractivity contribution >= 4 is 27.4 Å². The molecule has 2 N–H and O–H groups in total. The molecule has 1 heterocycles. The highest BCUT2D eigenvalue weighted by molar-refractivity contribution is 7.92. The highest BCUT2D eigenvalue weighted by atomic mass is 32.2. The van der Waals surface area contributed by atoms with Crippen molar-refractivity contribution in [2.75, 3.05) is 31.8 Å². The maximum Gasteiger partial charge on any atom is 0.337 e. The molecule has 0 saturated carbocycles. The van der Waals surface area contributed by atoms with E-state index in [4.69, 9.17) is 0 Å². The topological polar surface area (TPSA) is 102 Å². The van der Waals surface area contributed by atoms with Gasteiger partial charge in [0.25, 0.3) is 0 Å². The summed E-state index contributed by atoms with van der Waals surface area (Å²) in [5.74, 6) is -1.08. The van der Waals surface area contributed by atoms with Crippen LogP contribution in [0.15, 0.2) is 18.2 Å². The van der Waals surface area contributed by atoms with E-state index in [9.17, 15) is 18.0 Å². The SMILES string of the molecule is COC(=O)c1ccc(C)c(NC(=O)C2(S(C)(=O)=O)CCNCC2)c1. The number of carbonyl (C=O) groups is 2. The van der Waals surface area contributed by atoms with E-state index >= 15 is 0 Å². The van der Waals surface area contributed by atoms with Gasteiger partial charge in [-0.15, -0.1) is 0 Å². The number of benzene rings is 1. The second-order valence-corrected chi connectivity index (χ2v) is 8.32. The molecule has 24 heavy (non-hydrogen) atoms. The van der Waals surface area contributed by atoms with E-state index in [1.54, 1.807) is 19.1 Å². The van der Waals surface area contributed by atoms with Gasteiger partial charge in [0, 0.05) is 11.9 Å². The number of aryl methyl sites for hydroxylation is 1. The van der Waals surface area contributed by atoms with Gasteiger partial charge in [0.05, 0.1) is 12.7 Å². The molecule has 1 amide bonds. The van der Waals surface area contributed by atoms with Crippen LogP contribution < -0.4 is 10.6 Å². The third-order valence-corrected chi connectivity index (χ3v) is 6.45. The second-order valence-electron chi connectivity index (χ2n) is 5.99. The van der Waals surface area contributed by atoms with Gasteiger partial charge in [0.15, 0.2) is 14.6 Å². The van der Waals surface area contributed by atoms with E-state index in [2.05, 4.69) is 15.4 Å². The molecular weight excluding hydrogens is 332 g/mol. The Hall–Kier alpha value is -1.93. The van der Waals surface area contributed by atoms with Crippen LogP contribution in [0.3, 0.4) is 0 Å². The number of ether oxygens (including phenoxy) is 1. The summed E-state index contributed by atoms with van der Waals surface area (Å²) in [5.41, 5.74) is 1.43. The van der Waals surface area contributed by atoms with Crippen LogP contribution in [0.25, 0.3) is 0 Å². The lowest BCUT2D eigenvalue weighted by molar-refractivity contribution is -0.119. The lowest BCUT2D eigenvalue weighted by Gasteiger charge is -2.34. The molecule has 1 saturated heterocycles. The molecule has 0 radical (unpaired) electrons. The van der Waals surface area contributed by atoms with Gasteiger partial charge in [-0.2, -0.15) is 0 Å². The van der Waals surface area contributed by atoms with Gasteiger partial charge in [-0.05, 0) is 50.6 Å². The van der Waals surface area contributed by atoms with E-state index < -0.39 is 26.5 Å². The molecule has 0 atom stereocenters. The Morgan fingerprint density at radius 3 is 2.42 bits per heavy atom. The Morgan fingerprint density at radius 2 is 1.88 bits per heavy atom. The largest absolute Gasteiger partial charge is 0.465 e. The average molecular weight is 354 g/mol. The van der Waals surface area contributed by atoms with Crippen molar-refractivity contribution in [2.24, 2.45) is 0 Å². The maximum atomic E-state index is 12.8. The maximum absolute atomic E-state index is 12.8. The Bertz CT molecular complexity index is 752. The predicted molar refractivity (Wildman–Crippen MR) is 90.8 cm³/mol. The van der Waals surface area contributed by atoms with Gasteiger partial charge in [0.2, 0.25) is 5.91 Å². The van der Waals surface area contributed by atoms with Crippen LogP contribution in [0.2, 0.25) is 0 Å². The van der Waals surface area contributed by atoms with Gasteiger partial charge < -0.3 is 15.4 Å². The number of nitrogens with one attached hydrogen (secondary N) is 2. The number of amides is 1. The van der Waals surface area contributed by atoms with Crippen molar-refractivity contribution in [1.29, 1.82) is 0 Å². The third kappa shape index (κ3) is 3.44. The van der Waals surface area contributed by atoms with Gasteiger partial charge in [-0.3, -0.25) is 4.79 Å². The van der Waals surface area contributed by atoms with Crippen LogP contribution in [-0.2, 0) is 19.4 Å². The minimum atomic E-state index is -3.59. The molecular formula is C16H22N2O5S. The van der Waals surface area contributed by atoms with Crippen molar-refractivity contribution in [3.05, 3.63) is 29.3 Å². The first-order valence-corrected chi connectivity index (χ1v) is 9.51. The fourth-order valence-corrected chi connectivity index (χ4v) is 4.17. The quantitative estimate of drug-likeness (QED) is 0.779. The summed E-state index contributed by atoms with van der Waals surface area (Å²) in [7, 11) is -2.32. The molecule has 1 aliphatic rings. The predicted octanol–water partition coefficient (Wildman–Crippen LogP) is 0.887. The summed E-state index contributed by atoms with van der Waals surface area (Å²) in [6.07, 6.45) is 1.52. The summed E-state index contributed by atoms with van der Waals surface area (Å²) in [4.78, 5) is 24.5. The zero-order valence-electron chi connectivity index (χ0n) is 14.0. The molecule has 0 aliphatic carbocycles. The van der Waals surface area contributed by atoms with E-state index in [1.807, 2.05) is 0 Å². The normalized spacial score (nSPS) is 17.1. The lowest BCUT2D eigenvalue weighted by atomic mass is 9.95. The van der Waals surface area contributed by atoms with Crippen LogP contribution in [-0.4, -0.2) is 51.5 Å². The molecule has 132 valence electrons. The second kappa shape index (κ2) is 6.90. The molecule has 8 heteroatoms. The van der Waals surface area contributed by atoms with Crippen molar-refractivity contribution < 1.29 is 22.7 Å². The molecule has 0 aromatic heterocycles. The summed E-state index contributed by atoms with van der Waals surface area (Å²) < 4.78 is 27.8. The molecule has 1 fully saturated rings. The van der Waals surface area contributed by atoms with Crippen molar-refractivity contribution in [3.8, 4) is 0 Å². The fourth-order valence-electron chi connectivity index (χ4n) is 2.83. The van der Waals surface area contributed by atoms with Crippen LogP contribution in [0, 0.1) is 6.92 Å². The van der Waals surface area contributed by atoms with Crippen molar-refractivity contribution in [3.63, 3.8) is 0 Å². The number of esters is 1. The number of hydrogen-bond acceptors (Lipinski definition) is 6. The monoisotopic (exact) mass is 354 g/mol. The number of carbonyl (C=O) groups excluding carboxylic acids is 2. The number of methoxy groups -OCH3 is 1. The van der Waals surface area contributed by atoms with Gasteiger partial charge in [-0.1, -0.05) is 6.07 Å². The fraction of sp³-hybridized carbons (Fsp3) is 0.500. The molecule has 7 nitrogen and oxygen atoms in total. The summed E-state index contributed by atoms with van der Waals surface area (Å²) >= 11 is 0. The zero-order valence-corrected chi connectivity index (χ0v) is 14.8. The first-order valence-electron chi connectivity index (χ1n) is 7.62. The van der Waals surface area contributed by atoms with Crippen LogP contribution in [0.4, 0.5) is 5.69 Å². The average Bonchev–Trinajstić information content (AvgIpc) is 2.55. The van der Waals surface area contributed by atoms with Crippen LogP contribution in [0.5, 0.6) is 0 Å². The smallest absolute Gasteiger partial charge is 0.337 e. The van der Waals surface area contributed by atoms with E-state index in [-0.39, 0.29) is 18.4 Å². The first-order chi connectivity index (χ1) is 11.2. The number of rotatable bonds is 4. The summed E-state index contributed by atoms with van der Waals surface area (Å²) in [6.45, 7) is 2.69. The zero-order chi connectivity index (χ0) is 18.0. The van der Waals surface area contributed by atoms with Gasteiger partial charge >= 0.3 is 5.97 Å². The van der Waals surface area contributed by atoms with Gasteiger partial charge in [-0.25, -0.2) is 13.2 Å². The third-order valence-electron chi connectivity index (χ3n) is 4.44. The standard InChI is InChI=1S/C16H22N2O5S/c1-11-4-5-12(14(19)23-2)10-13(11)18-15(20)16(24(3,21)22)6-8-17-9-7-16/h4-5,10,17H,6-9H2,1-3H3,(H,18,20). The Kier molecular flexibility index (Phi) is 5.29. The molecule has 2 rings (SSSR count). The van der Waals surface area contributed by atoms with Crippen molar-refractivity contribution in [2.45, 2.75) is 24.5 Å². The van der Waals surface area contributed by atoms with Crippen molar-refractivity contribution in [1.82, 2.24) is 5.32 Å². The minimum Gasteiger partial charge on any atom is -0.465 e. The van der Waals surface area contributed by atoms with E-state index in [1.165, 1.54) is 13.2 Å². The molecule has 0 bridgehead atoms. The highest BCUT2D eigenvalue weighted by Gasteiger charge is 2.48. The number of sulfone groups is 1. The van der Waals surface area contributed by atoms with Crippen LogP contribution >= 0.6 is 0 Å². The Balaban J connectivity index is 2.35. The Labute approximate surface area is 141 Å². The summed E-state index contributed by atoms with van der Waals surface area (Å²) in [5, 5.41) is 5.76. The van der Waals surface area contributed by atoms with E-state index in [0.29, 0.717) is 18.8 Å². The number of hydrogen-bond donors (Lipinski definition) is 2. The molecule has 0 spiro atoms. The highest BCUT2D eigenvalue weighted by Crippen LogP contribution is 2.30. The Morgan fingerprint density at radius 1 is 1.25 bits per heavy atom. The van der Waals surface area contributed by atoms with E-state index in [0.717, 1.165) is 11.8 Å². The van der Waals surface area contributed by atoms with Gasteiger partial charge in [0.1, 0.15) is 0 Å². The summed E-state index contributed by atoms with van der Waals surface area (Å²) in [6, 6.07) is 4.77. The number of anilines is 1. The molecule has 1 aliphatic heterocycles. The molecule has 1 aromatic carbocycles.